The summed E-state index contributed by atoms with van der Waals surface area (Å²) in [7, 11) is 0. The maximum Gasteiger partial charge on any atom is 0.0702 e. The Labute approximate surface area is 99.5 Å². The second-order valence-corrected chi connectivity index (χ2v) is 5.16. The highest BCUT2D eigenvalue weighted by Crippen LogP contribution is 2.18. The average Bonchev–Trinajstić information content (AvgIpc) is 3.11. The van der Waals surface area contributed by atoms with E-state index in [0.717, 1.165) is 32.2 Å². The first kappa shape index (κ1) is 12.3. The molecule has 1 unspecified atom stereocenters. The van der Waals surface area contributed by atoms with E-state index in [2.05, 4.69) is 17.1 Å². The molecule has 1 saturated carbocycles. The second kappa shape index (κ2) is 6.58. The van der Waals surface area contributed by atoms with E-state index < -0.39 is 0 Å². The minimum Gasteiger partial charge on any atom is -0.377 e. The molecule has 0 spiro atoms. The molecule has 2 fully saturated rings. The van der Waals surface area contributed by atoms with Gasteiger partial charge in [-0.1, -0.05) is 6.92 Å². The molecule has 3 nitrogen and oxygen atoms in total. The summed E-state index contributed by atoms with van der Waals surface area (Å²) in [6.45, 7) is 7.87. The topological polar surface area (TPSA) is 24.5 Å². The zero-order valence-corrected chi connectivity index (χ0v) is 10.6. The molecule has 1 saturated heterocycles. The van der Waals surface area contributed by atoms with E-state index in [1.165, 1.54) is 38.8 Å². The highest BCUT2D eigenvalue weighted by atomic mass is 16.5. The number of rotatable bonds is 7. The van der Waals surface area contributed by atoms with E-state index in [0.29, 0.717) is 6.10 Å². The number of nitrogens with one attached hydrogen (secondary N) is 1. The predicted molar refractivity (Wildman–Crippen MR) is 66.7 cm³/mol. The van der Waals surface area contributed by atoms with Crippen LogP contribution in [0.5, 0.6) is 0 Å². The Morgan fingerprint density at radius 3 is 2.94 bits per heavy atom. The third-order valence-corrected chi connectivity index (χ3v) is 3.46. The van der Waals surface area contributed by atoms with Crippen molar-refractivity contribution >= 4 is 0 Å². The number of ether oxygens (including phenoxy) is 1. The van der Waals surface area contributed by atoms with Gasteiger partial charge in [0.15, 0.2) is 0 Å². The average molecular weight is 226 g/mol. The molecule has 0 bridgehead atoms. The maximum absolute atomic E-state index is 5.84. The van der Waals surface area contributed by atoms with Crippen molar-refractivity contribution in [2.75, 3.05) is 32.8 Å². The van der Waals surface area contributed by atoms with Crippen molar-refractivity contribution in [2.24, 2.45) is 0 Å². The van der Waals surface area contributed by atoms with Crippen molar-refractivity contribution in [2.45, 2.75) is 51.2 Å². The van der Waals surface area contributed by atoms with Gasteiger partial charge in [-0.25, -0.2) is 0 Å². The summed E-state index contributed by atoms with van der Waals surface area (Å²) in [5.74, 6) is 0. The van der Waals surface area contributed by atoms with Crippen molar-refractivity contribution < 1.29 is 4.74 Å². The van der Waals surface area contributed by atoms with Crippen LogP contribution in [0, 0.1) is 0 Å². The molecule has 1 aliphatic heterocycles. The molecule has 16 heavy (non-hydrogen) atoms. The molecule has 0 aromatic carbocycles. The van der Waals surface area contributed by atoms with E-state index >= 15 is 0 Å². The van der Waals surface area contributed by atoms with Gasteiger partial charge in [-0.15, -0.1) is 0 Å². The van der Waals surface area contributed by atoms with Crippen molar-refractivity contribution in [3.8, 4) is 0 Å². The number of hydrogen-bond acceptors (Lipinski definition) is 3. The molecular formula is C13H26N2O. The first-order valence-corrected chi connectivity index (χ1v) is 6.96. The molecule has 0 radical (unpaired) electrons. The van der Waals surface area contributed by atoms with Gasteiger partial charge in [-0.05, 0) is 38.6 Å². The minimum absolute atomic E-state index is 0.495. The maximum atomic E-state index is 5.84. The van der Waals surface area contributed by atoms with Gasteiger partial charge in [-0.3, -0.25) is 4.90 Å². The van der Waals surface area contributed by atoms with Gasteiger partial charge in [0.25, 0.3) is 0 Å². The van der Waals surface area contributed by atoms with Gasteiger partial charge in [0.05, 0.1) is 6.10 Å². The van der Waals surface area contributed by atoms with Crippen LogP contribution in [0.25, 0.3) is 0 Å². The standard InChI is InChI=1S/C13H26N2O/c1-2-10-16-13-4-3-8-15(11-13)9-7-14-12-5-6-12/h12-14H,2-11H2,1H3. The molecule has 1 atom stereocenters. The van der Waals surface area contributed by atoms with E-state index in [9.17, 15) is 0 Å². The summed E-state index contributed by atoms with van der Waals surface area (Å²) < 4.78 is 5.84. The zero-order valence-electron chi connectivity index (χ0n) is 10.6. The van der Waals surface area contributed by atoms with Gasteiger partial charge in [0, 0.05) is 32.3 Å². The molecule has 0 aromatic heterocycles. The Bertz CT molecular complexity index is 194. The monoisotopic (exact) mass is 226 g/mol. The lowest BCUT2D eigenvalue weighted by Crippen LogP contribution is -2.43. The Hall–Kier alpha value is -0.120. The van der Waals surface area contributed by atoms with Crippen LogP contribution in [0.15, 0.2) is 0 Å². The van der Waals surface area contributed by atoms with Crippen molar-refractivity contribution in [1.29, 1.82) is 0 Å². The van der Waals surface area contributed by atoms with Crippen molar-refractivity contribution in [3.63, 3.8) is 0 Å². The molecule has 2 aliphatic rings. The Balaban J connectivity index is 1.57. The van der Waals surface area contributed by atoms with Crippen molar-refractivity contribution in [3.05, 3.63) is 0 Å². The van der Waals surface area contributed by atoms with E-state index in [1.807, 2.05) is 0 Å². The van der Waals surface area contributed by atoms with Gasteiger partial charge < -0.3 is 10.1 Å². The number of nitrogens with zero attached hydrogens (tertiary/aromatic N) is 1. The van der Waals surface area contributed by atoms with Gasteiger partial charge in [0.1, 0.15) is 0 Å². The SMILES string of the molecule is CCCOC1CCCN(CCNC2CC2)C1. The number of hydrogen-bond donors (Lipinski definition) is 1. The van der Waals surface area contributed by atoms with E-state index in [-0.39, 0.29) is 0 Å². The van der Waals surface area contributed by atoms with Crippen LogP contribution in [0.1, 0.15) is 39.0 Å². The van der Waals surface area contributed by atoms with Crippen LogP contribution in [-0.4, -0.2) is 49.8 Å². The lowest BCUT2D eigenvalue weighted by atomic mass is 10.1. The number of likely N-dealkylation sites (tertiary alicyclic amines) is 1. The molecular weight excluding hydrogens is 200 g/mol. The summed E-state index contributed by atoms with van der Waals surface area (Å²) in [6, 6.07) is 0.844. The molecule has 0 aromatic rings. The van der Waals surface area contributed by atoms with Crippen molar-refractivity contribution in [1.82, 2.24) is 10.2 Å². The van der Waals surface area contributed by atoms with E-state index in [4.69, 9.17) is 4.74 Å². The largest absolute Gasteiger partial charge is 0.377 e. The van der Waals surface area contributed by atoms with Crippen LogP contribution in [0.2, 0.25) is 0 Å². The summed E-state index contributed by atoms with van der Waals surface area (Å²) in [6.07, 6.45) is 6.98. The van der Waals surface area contributed by atoms with Crippen LogP contribution in [-0.2, 0) is 4.74 Å². The molecule has 94 valence electrons. The Morgan fingerprint density at radius 1 is 1.31 bits per heavy atom. The zero-order chi connectivity index (χ0) is 11.2. The Morgan fingerprint density at radius 2 is 2.19 bits per heavy atom. The third kappa shape index (κ3) is 4.40. The molecule has 1 heterocycles. The third-order valence-electron chi connectivity index (χ3n) is 3.46. The summed E-state index contributed by atoms with van der Waals surface area (Å²) in [5.41, 5.74) is 0. The summed E-state index contributed by atoms with van der Waals surface area (Å²) in [4.78, 5) is 2.55. The minimum atomic E-state index is 0.495. The molecule has 1 N–H and O–H groups in total. The number of piperidine rings is 1. The first-order valence-electron chi connectivity index (χ1n) is 6.96. The van der Waals surface area contributed by atoms with Crippen LogP contribution >= 0.6 is 0 Å². The van der Waals surface area contributed by atoms with Gasteiger partial charge >= 0.3 is 0 Å². The second-order valence-electron chi connectivity index (χ2n) is 5.16. The Kier molecular flexibility index (Phi) is 5.07. The summed E-state index contributed by atoms with van der Waals surface area (Å²) >= 11 is 0. The smallest absolute Gasteiger partial charge is 0.0702 e. The fraction of sp³-hybridized carbons (Fsp3) is 1.00. The molecule has 3 heteroatoms. The quantitative estimate of drug-likeness (QED) is 0.714. The van der Waals surface area contributed by atoms with Crippen LogP contribution in [0.3, 0.4) is 0 Å². The highest BCUT2D eigenvalue weighted by Gasteiger charge is 2.22. The normalized spacial score (nSPS) is 27.2. The van der Waals surface area contributed by atoms with Crippen LogP contribution in [0.4, 0.5) is 0 Å². The lowest BCUT2D eigenvalue weighted by Gasteiger charge is -2.32. The van der Waals surface area contributed by atoms with Crippen LogP contribution < -0.4 is 5.32 Å². The summed E-state index contributed by atoms with van der Waals surface area (Å²) in [5, 5.41) is 3.58. The fourth-order valence-corrected chi connectivity index (χ4v) is 2.35. The van der Waals surface area contributed by atoms with Gasteiger partial charge in [0.2, 0.25) is 0 Å². The van der Waals surface area contributed by atoms with E-state index in [1.54, 1.807) is 0 Å². The highest BCUT2D eigenvalue weighted by molar-refractivity contribution is 4.81. The lowest BCUT2D eigenvalue weighted by molar-refractivity contribution is 0.000356. The molecule has 1 aliphatic carbocycles. The predicted octanol–water partition coefficient (Wildman–Crippen LogP) is 1.63. The first-order chi connectivity index (χ1) is 7.88. The molecule has 2 rings (SSSR count). The fourth-order valence-electron chi connectivity index (χ4n) is 2.35. The molecule has 0 amide bonds. The van der Waals surface area contributed by atoms with Gasteiger partial charge in [-0.2, -0.15) is 0 Å².